The Morgan fingerprint density at radius 2 is 1.80 bits per heavy atom. The zero-order valence-corrected chi connectivity index (χ0v) is 12.5. The molecule has 0 amide bonds. The number of halogens is 1. The molecule has 2 aromatic carbocycles. The number of ether oxygens (including phenoxy) is 1. The molecule has 0 aliphatic rings. The minimum Gasteiger partial charge on any atom is -0.492 e. The Kier molecular flexibility index (Phi) is 5.59. The van der Waals surface area contributed by atoms with E-state index >= 15 is 0 Å². The van der Waals surface area contributed by atoms with Crippen molar-refractivity contribution in [1.82, 2.24) is 0 Å². The summed E-state index contributed by atoms with van der Waals surface area (Å²) in [5.41, 5.74) is 6.58. The summed E-state index contributed by atoms with van der Waals surface area (Å²) in [6.45, 7) is 0.808. The van der Waals surface area contributed by atoms with E-state index in [9.17, 15) is 4.21 Å². The Bertz CT molecular complexity index is 587. The van der Waals surface area contributed by atoms with Gasteiger partial charge in [-0.3, -0.25) is 4.21 Å². The lowest BCUT2D eigenvalue weighted by molar-refractivity contribution is 0.339. The molecule has 2 N–H and O–H groups in total. The van der Waals surface area contributed by atoms with Crippen LogP contribution in [0.4, 0.5) is 0 Å². The van der Waals surface area contributed by atoms with Crippen LogP contribution in [-0.4, -0.2) is 16.6 Å². The summed E-state index contributed by atoms with van der Waals surface area (Å²) in [6, 6.07) is 14.6. The van der Waals surface area contributed by atoms with Crippen LogP contribution >= 0.6 is 11.6 Å². The lowest BCUT2D eigenvalue weighted by Crippen LogP contribution is -2.10. The van der Waals surface area contributed by atoms with Crippen LogP contribution in [0.1, 0.15) is 5.56 Å². The van der Waals surface area contributed by atoms with Gasteiger partial charge in [0.25, 0.3) is 0 Å². The average Bonchev–Trinajstić information content (AvgIpc) is 2.48. The third-order valence-corrected chi connectivity index (χ3v) is 4.38. The molecule has 106 valence electrons. The van der Waals surface area contributed by atoms with Gasteiger partial charge >= 0.3 is 0 Å². The zero-order valence-electron chi connectivity index (χ0n) is 10.9. The number of para-hydroxylation sites is 1. The van der Waals surface area contributed by atoms with Gasteiger partial charge in [0.05, 0.1) is 16.6 Å². The molecule has 20 heavy (non-hydrogen) atoms. The van der Waals surface area contributed by atoms with Crippen LogP contribution < -0.4 is 10.5 Å². The van der Waals surface area contributed by atoms with E-state index in [1.165, 1.54) is 0 Å². The van der Waals surface area contributed by atoms with Crippen LogP contribution in [0.2, 0.25) is 5.02 Å². The maximum Gasteiger partial charge on any atom is 0.123 e. The van der Waals surface area contributed by atoms with Gasteiger partial charge in [0, 0.05) is 22.0 Å². The van der Waals surface area contributed by atoms with Crippen molar-refractivity contribution in [3.63, 3.8) is 0 Å². The van der Waals surface area contributed by atoms with Gasteiger partial charge in [-0.1, -0.05) is 29.8 Å². The van der Waals surface area contributed by atoms with Gasteiger partial charge < -0.3 is 10.5 Å². The third kappa shape index (κ3) is 4.07. The molecule has 0 bridgehead atoms. The molecule has 5 heteroatoms. The molecule has 0 aromatic heterocycles. The third-order valence-electron chi connectivity index (χ3n) is 2.80. The minimum absolute atomic E-state index is 0.381. The van der Waals surface area contributed by atoms with Crippen LogP contribution in [-0.2, 0) is 17.3 Å². The summed E-state index contributed by atoms with van der Waals surface area (Å²) in [6.07, 6.45) is 0. The number of nitrogens with two attached hydrogens (primary N) is 1. The summed E-state index contributed by atoms with van der Waals surface area (Å²) in [7, 11) is -1.09. The second-order valence-electron chi connectivity index (χ2n) is 4.16. The molecule has 2 rings (SSSR count). The molecular formula is C15H16ClNO2S. The second kappa shape index (κ2) is 7.43. The first-order chi connectivity index (χ1) is 9.70. The maximum absolute atomic E-state index is 12.1. The Morgan fingerprint density at radius 3 is 2.50 bits per heavy atom. The van der Waals surface area contributed by atoms with E-state index in [-0.39, 0.29) is 0 Å². The van der Waals surface area contributed by atoms with E-state index in [2.05, 4.69) is 0 Å². The molecule has 1 unspecified atom stereocenters. The van der Waals surface area contributed by atoms with Crippen molar-refractivity contribution in [2.75, 3.05) is 12.4 Å². The quantitative estimate of drug-likeness (QED) is 0.892. The first kappa shape index (κ1) is 15.0. The predicted molar refractivity (Wildman–Crippen MR) is 82.6 cm³/mol. The normalized spacial score (nSPS) is 12.1. The topological polar surface area (TPSA) is 52.3 Å². The first-order valence-electron chi connectivity index (χ1n) is 6.25. The van der Waals surface area contributed by atoms with E-state index < -0.39 is 10.8 Å². The highest BCUT2D eigenvalue weighted by Crippen LogP contribution is 2.17. The SMILES string of the molecule is NCc1ccccc1OCCS(=O)c1ccc(Cl)cc1. The largest absolute Gasteiger partial charge is 0.492 e. The lowest BCUT2D eigenvalue weighted by Gasteiger charge is -2.10. The van der Waals surface area contributed by atoms with E-state index in [0.717, 1.165) is 16.2 Å². The van der Waals surface area contributed by atoms with E-state index in [4.69, 9.17) is 22.1 Å². The summed E-state index contributed by atoms with van der Waals surface area (Å²) in [5, 5.41) is 0.638. The first-order valence-corrected chi connectivity index (χ1v) is 7.95. The van der Waals surface area contributed by atoms with Gasteiger partial charge in [-0.2, -0.15) is 0 Å². The maximum atomic E-state index is 12.1. The second-order valence-corrected chi connectivity index (χ2v) is 6.17. The van der Waals surface area contributed by atoms with Crippen molar-refractivity contribution in [3.8, 4) is 5.75 Å². The molecule has 0 saturated carbocycles. The Hall–Kier alpha value is -1.36. The van der Waals surface area contributed by atoms with Gasteiger partial charge in [0.2, 0.25) is 0 Å². The van der Waals surface area contributed by atoms with Gasteiger partial charge in [0.1, 0.15) is 12.4 Å². The molecule has 3 nitrogen and oxygen atoms in total. The smallest absolute Gasteiger partial charge is 0.123 e. The fraction of sp³-hybridized carbons (Fsp3) is 0.200. The Labute approximate surface area is 126 Å². The fourth-order valence-electron chi connectivity index (χ4n) is 1.74. The van der Waals surface area contributed by atoms with E-state index in [1.54, 1.807) is 24.3 Å². The van der Waals surface area contributed by atoms with Crippen molar-refractivity contribution in [2.45, 2.75) is 11.4 Å². The monoisotopic (exact) mass is 309 g/mol. The standard InChI is InChI=1S/C15H16ClNO2S/c16-13-5-7-14(8-6-13)20(18)10-9-19-15-4-2-1-3-12(15)11-17/h1-8H,9-11,17H2. The molecule has 0 spiro atoms. The Balaban J connectivity index is 1.89. The molecule has 0 heterocycles. The van der Waals surface area contributed by atoms with E-state index in [1.807, 2.05) is 24.3 Å². The van der Waals surface area contributed by atoms with Crippen LogP contribution in [0.15, 0.2) is 53.4 Å². The Morgan fingerprint density at radius 1 is 1.10 bits per heavy atom. The van der Waals surface area contributed by atoms with Crippen LogP contribution in [0.5, 0.6) is 5.75 Å². The highest BCUT2D eigenvalue weighted by molar-refractivity contribution is 7.85. The fourth-order valence-corrected chi connectivity index (χ4v) is 2.78. The van der Waals surface area contributed by atoms with Gasteiger partial charge in [-0.25, -0.2) is 0 Å². The summed E-state index contributed by atoms with van der Waals surface area (Å²) in [5.74, 6) is 1.18. The van der Waals surface area contributed by atoms with Crippen molar-refractivity contribution in [2.24, 2.45) is 5.73 Å². The average molecular weight is 310 g/mol. The molecule has 0 fully saturated rings. The molecule has 1 atom stereocenters. The number of hydrogen-bond donors (Lipinski definition) is 1. The highest BCUT2D eigenvalue weighted by Gasteiger charge is 2.05. The van der Waals surface area contributed by atoms with Crippen LogP contribution in [0.3, 0.4) is 0 Å². The van der Waals surface area contributed by atoms with Crippen LogP contribution in [0, 0.1) is 0 Å². The van der Waals surface area contributed by atoms with Crippen molar-refractivity contribution >= 4 is 22.4 Å². The number of hydrogen-bond acceptors (Lipinski definition) is 3. The summed E-state index contributed by atoms with van der Waals surface area (Å²) < 4.78 is 17.7. The molecule has 0 aliphatic carbocycles. The summed E-state index contributed by atoms with van der Waals surface area (Å²) in [4.78, 5) is 0.755. The van der Waals surface area contributed by atoms with Crippen molar-refractivity contribution in [1.29, 1.82) is 0 Å². The minimum atomic E-state index is -1.09. The predicted octanol–water partition coefficient (Wildman–Crippen LogP) is 2.99. The number of benzene rings is 2. The molecule has 2 aromatic rings. The van der Waals surface area contributed by atoms with Gasteiger partial charge in [-0.05, 0) is 30.3 Å². The number of rotatable bonds is 6. The van der Waals surface area contributed by atoms with Crippen molar-refractivity contribution < 1.29 is 8.95 Å². The molecule has 0 radical (unpaired) electrons. The molecule has 0 saturated heterocycles. The highest BCUT2D eigenvalue weighted by atomic mass is 35.5. The van der Waals surface area contributed by atoms with Gasteiger partial charge in [0.15, 0.2) is 0 Å². The molecular weight excluding hydrogens is 294 g/mol. The zero-order chi connectivity index (χ0) is 14.4. The van der Waals surface area contributed by atoms with Crippen LogP contribution in [0.25, 0.3) is 0 Å². The van der Waals surface area contributed by atoms with E-state index in [0.29, 0.717) is 23.9 Å². The lowest BCUT2D eigenvalue weighted by atomic mass is 10.2. The van der Waals surface area contributed by atoms with Gasteiger partial charge in [-0.15, -0.1) is 0 Å². The molecule has 0 aliphatic heterocycles. The van der Waals surface area contributed by atoms with Crippen molar-refractivity contribution in [3.05, 3.63) is 59.1 Å². The summed E-state index contributed by atoms with van der Waals surface area (Å²) >= 11 is 5.80.